The van der Waals surface area contributed by atoms with Crippen molar-refractivity contribution in [1.82, 2.24) is 10.2 Å². The molecule has 0 unspecified atom stereocenters. The number of nitrogens with zero attached hydrogens (tertiary/aromatic N) is 1. The van der Waals surface area contributed by atoms with Crippen LogP contribution in [0.3, 0.4) is 0 Å². The molecule has 0 aliphatic rings. The van der Waals surface area contributed by atoms with Gasteiger partial charge in [0.25, 0.3) is 0 Å². The van der Waals surface area contributed by atoms with Gasteiger partial charge in [0.1, 0.15) is 17.3 Å². The minimum Gasteiger partial charge on any atom is -0.477 e. The van der Waals surface area contributed by atoms with Crippen molar-refractivity contribution in [1.29, 1.82) is 0 Å². The number of nitrogens with one attached hydrogen (secondary N) is 1. The Morgan fingerprint density at radius 2 is 2.17 bits per heavy atom. The molecule has 2 N–H and O–H groups in total. The largest absolute Gasteiger partial charge is 0.477 e. The molecule has 0 fully saturated rings. The Kier molecular flexibility index (Phi) is 3.33. The van der Waals surface area contributed by atoms with Gasteiger partial charge in [-0.1, -0.05) is 0 Å². The fraction of sp³-hybridized carbons (Fsp3) is 0.0909. The lowest BCUT2D eigenvalue weighted by molar-refractivity contribution is 0.0690. The maximum atomic E-state index is 14.0. The van der Waals surface area contributed by atoms with Crippen molar-refractivity contribution < 1.29 is 18.7 Å². The third-order valence-electron chi connectivity index (χ3n) is 2.34. The first kappa shape index (κ1) is 12.6. The molecule has 0 amide bonds. The molecule has 0 saturated carbocycles. The smallest absolute Gasteiger partial charge is 0.353 e. The van der Waals surface area contributed by atoms with Gasteiger partial charge < -0.3 is 5.11 Å². The second-order valence-electron chi connectivity index (χ2n) is 3.41. The first-order valence-corrected chi connectivity index (χ1v) is 6.08. The molecule has 7 heteroatoms. The summed E-state index contributed by atoms with van der Waals surface area (Å²) in [6.45, 7) is 0. The van der Waals surface area contributed by atoms with E-state index in [4.69, 9.17) is 5.11 Å². The lowest BCUT2D eigenvalue weighted by Gasteiger charge is -2.05. The van der Waals surface area contributed by atoms with E-state index in [0.717, 1.165) is 23.9 Å². The summed E-state index contributed by atoms with van der Waals surface area (Å²) >= 11 is 1.13. The number of hydrogen-bond acceptors (Lipinski definition) is 3. The van der Waals surface area contributed by atoms with Crippen molar-refractivity contribution >= 4 is 17.7 Å². The fourth-order valence-electron chi connectivity index (χ4n) is 1.49. The predicted molar refractivity (Wildman–Crippen MR) is 62.7 cm³/mol. The molecule has 1 aromatic heterocycles. The van der Waals surface area contributed by atoms with Gasteiger partial charge in [0, 0.05) is 4.90 Å². The molecule has 0 saturated heterocycles. The molecule has 18 heavy (non-hydrogen) atoms. The Balaban J connectivity index is 2.58. The maximum absolute atomic E-state index is 14.0. The molecule has 4 nitrogen and oxygen atoms in total. The van der Waals surface area contributed by atoms with Crippen LogP contribution in [0.1, 0.15) is 10.5 Å². The minimum absolute atomic E-state index is 0.0710. The van der Waals surface area contributed by atoms with E-state index in [2.05, 4.69) is 10.2 Å². The molecule has 0 spiro atoms. The molecule has 0 aliphatic carbocycles. The van der Waals surface area contributed by atoms with Crippen LogP contribution >= 0.6 is 11.8 Å². The standard InChI is InChI=1S/C11H8F2N2O2S/c1-18-8-3-2-5(12)9(10(8)13)6-4-7(11(16)17)15-14-6/h2-4H,1H3,(H,14,15)(H,16,17). The van der Waals surface area contributed by atoms with E-state index < -0.39 is 17.6 Å². The second-order valence-corrected chi connectivity index (χ2v) is 4.26. The Morgan fingerprint density at radius 1 is 1.44 bits per heavy atom. The highest BCUT2D eigenvalue weighted by Crippen LogP contribution is 2.31. The summed E-state index contributed by atoms with van der Waals surface area (Å²) in [4.78, 5) is 10.9. The Hall–Kier alpha value is -1.89. The molecule has 0 radical (unpaired) electrons. The summed E-state index contributed by atoms with van der Waals surface area (Å²) in [5, 5.41) is 14.5. The Bertz CT molecular complexity index is 613. The lowest BCUT2D eigenvalue weighted by atomic mass is 10.1. The average Bonchev–Trinajstić information content (AvgIpc) is 2.79. The number of carbonyl (C=O) groups is 1. The molecule has 1 heterocycles. The van der Waals surface area contributed by atoms with E-state index >= 15 is 0 Å². The topological polar surface area (TPSA) is 66.0 Å². The van der Waals surface area contributed by atoms with Crippen molar-refractivity contribution in [2.24, 2.45) is 0 Å². The Labute approximate surface area is 105 Å². The van der Waals surface area contributed by atoms with Gasteiger partial charge in [-0.15, -0.1) is 11.8 Å². The van der Waals surface area contributed by atoms with Crippen LogP contribution in [0.2, 0.25) is 0 Å². The van der Waals surface area contributed by atoms with Crippen LogP contribution in [-0.2, 0) is 0 Å². The van der Waals surface area contributed by atoms with Gasteiger partial charge in [-0.2, -0.15) is 5.10 Å². The predicted octanol–water partition coefficient (Wildman–Crippen LogP) is 2.78. The first-order valence-electron chi connectivity index (χ1n) is 4.85. The summed E-state index contributed by atoms with van der Waals surface area (Å²) in [7, 11) is 0. The van der Waals surface area contributed by atoms with Gasteiger partial charge in [-0.25, -0.2) is 13.6 Å². The quantitative estimate of drug-likeness (QED) is 0.842. The van der Waals surface area contributed by atoms with Gasteiger partial charge in [0.05, 0.1) is 11.3 Å². The molecular formula is C11H8F2N2O2S. The molecule has 1 aromatic carbocycles. The highest BCUT2D eigenvalue weighted by Gasteiger charge is 2.19. The van der Waals surface area contributed by atoms with Gasteiger partial charge in [0.2, 0.25) is 0 Å². The van der Waals surface area contributed by atoms with Crippen LogP contribution in [0, 0.1) is 11.6 Å². The molecule has 94 valence electrons. The number of carboxylic acids is 1. The molecular weight excluding hydrogens is 262 g/mol. The van der Waals surface area contributed by atoms with Crippen LogP contribution in [0.4, 0.5) is 8.78 Å². The zero-order valence-electron chi connectivity index (χ0n) is 9.20. The number of aromatic amines is 1. The summed E-state index contributed by atoms with van der Waals surface area (Å²) in [5.74, 6) is -2.77. The third-order valence-corrected chi connectivity index (χ3v) is 3.10. The highest BCUT2D eigenvalue weighted by molar-refractivity contribution is 7.98. The van der Waals surface area contributed by atoms with E-state index in [1.165, 1.54) is 6.07 Å². The van der Waals surface area contributed by atoms with Gasteiger partial charge >= 0.3 is 5.97 Å². The number of hydrogen-bond donors (Lipinski definition) is 2. The zero-order valence-corrected chi connectivity index (χ0v) is 10.0. The molecule has 0 atom stereocenters. The van der Waals surface area contributed by atoms with Crippen LogP contribution in [0.15, 0.2) is 23.1 Å². The number of thioether (sulfide) groups is 1. The van der Waals surface area contributed by atoms with Crippen molar-refractivity contribution in [3.63, 3.8) is 0 Å². The van der Waals surface area contributed by atoms with Crippen LogP contribution in [0.25, 0.3) is 11.3 Å². The molecule has 0 bridgehead atoms. The van der Waals surface area contributed by atoms with Crippen LogP contribution < -0.4 is 0 Å². The fourth-order valence-corrected chi connectivity index (χ4v) is 1.97. The van der Waals surface area contributed by atoms with Crippen LogP contribution in [-0.4, -0.2) is 27.5 Å². The number of rotatable bonds is 3. The number of H-pyrrole nitrogens is 1. The van der Waals surface area contributed by atoms with Crippen molar-refractivity contribution in [3.05, 3.63) is 35.5 Å². The molecule has 2 aromatic rings. The van der Waals surface area contributed by atoms with Gasteiger partial charge in [0.15, 0.2) is 0 Å². The van der Waals surface area contributed by atoms with Gasteiger partial charge in [-0.05, 0) is 24.5 Å². The highest BCUT2D eigenvalue weighted by atomic mass is 32.2. The number of halogens is 2. The summed E-state index contributed by atoms with van der Waals surface area (Å²) in [6, 6.07) is 3.54. The minimum atomic E-state index is -1.24. The van der Waals surface area contributed by atoms with Crippen molar-refractivity contribution in [2.45, 2.75) is 4.90 Å². The van der Waals surface area contributed by atoms with Gasteiger partial charge in [-0.3, -0.25) is 5.10 Å². The van der Waals surface area contributed by atoms with Crippen molar-refractivity contribution in [3.8, 4) is 11.3 Å². The summed E-state index contributed by atoms with van der Waals surface area (Å²) in [6.07, 6.45) is 1.66. The number of aromatic nitrogens is 2. The lowest BCUT2D eigenvalue weighted by Crippen LogP contribution is -1.95. The Morgan fingerprint density at radius 3 is 2.72 bits per heavy atom. The molecule has 0 aliphatic heterocycles. The zero-order chi connectivity index (χ0) is 13.3. The number of aromatic carboxylic acids is 1. The summed E-state index contributed by atoms with van der Waals surface area (Å²) < 4.78 is 27.6. The van der Waals surface area contributed by atoms with E-state index in [1.807, 2.05) is 0 Å². The van der Waals surface area contributed by atoms with Crippen molar-refractivity contribution in [2.75, 3.05) is 6.26 Å². The normalized spacial score (nSPS) is 10.6. The summed E-state index contributed by atoms with van der Waals surface area (Å²) in [5.41, 5.74) is -0.623. The second kappa shape index (κ2) is 4.77. The van der Waals surface area contributed by atoms with E-state index in [9.17, 15) is 13.6 Å². The third kappa shape index (κ3) is 2.08. The average molecular weight is 270 g/mol. The van der Waals surface area contributed by atoms with Crippen LogP contribution in [0.5, 0.6) is 0 Å². The SMILES string of the molecule is CSc1ccc(F)c(-c2cc(C(=O)O)[nH]n2)c1F. The monoisotopic (exact) mass is 270 g/mol. The van der Waals surface area contributed by atoms with E-state index in [0.29, 0.717) is 0 Å². The van der Waals surface area contributed by atoms with E-state index in [1.54, 1.807) is 6.26 Å². The molecule has 2 rings (SSSR count). The number of benzene rings is 1. The maximum Gasteiger partial charge on any atom is 0.353 e. The van der Waals surface area contributed by atoms with E-state index in [-0.39, 0.29) is 21.8 Å². The first-order chi connectivity index (χ1) is 8.54. The number of carboxylic acid groups (broad SMARTS) is 1.